The number of nitrogens with zero attached hydrogens (tertiary/aromatic N) is 4. The molecule has 2 amide bonds. The Morgan fingerprint density at radius 1 is 1.13 bits per heavy atom. The summed E-state index contributed by atoms with van der Waals surface area (Å²) in [7, 11) is 0. The summed E-state index contributed by atoms with van der Waals surface area (Å²) in [5.41, 5.74) is 6.62. The number of aromatic nitrogens is 5. The molecule has 0 atom stereocenters. The number of carbonyl (C=O) groups is 2. The van der Waals surface area contributed by atoms with E-state index in [4.69, 9.17) is 5.73 Å². The third kappa shape index (κ3) is 5.75. The van der Waals surface area contributed by atoms with Gasteiger partial charge in [0, 0.05) is 49.7 Å². The Bertz CT molecular complexity index is 1450. The average Bonchev–Trinajstić information content (AvgIpc) is 3.54. The number of H-pyrrole nitrogens is 1. The Labute approximate surface area is 215 Å². The van der Waals surface area contributed by atoms with Crippen LogP contribution in [0.4, 0.5) is 24.7 Å². The molecule has 3 aromatic heterocycles. The highest BCUT2D eigenvalue weighted by molar-refractivity contribution is 5.96. The monoisotopic (exact) mass is 529 g/mol. The molecular formula is C24H26F3N9O2. The average molecular weight is 530 g/mol. The lowest BCUT2D eigenvalue weighted by Gasteiger charge is -2.13. The van der Waals surface area contributed by atoms with Crippen molar-refractivity contribution in [2.75, 3.05) is 25.0 Å². The van der Waals surface area contributed by atoms with Crippen LogP contribution >= 0.6 is 0 Å². The number of anilines is 2. The van der Waals surface area contributed by atoms with Gasteiger partial charge >= 0.3 is 6.18 Å². The summed E-state index contributed by atoms with van der Waals surface area (Å²) < 4.78 is 41.6. The third-order valence-corrected chi connectivity index (χ3v) is 5.72. The summed E-state index contributed by atoms with van der Waals surface area (Å²) in [6.45, 7) is 2.72. The molecule has 0 fully saturated rings. The van der Waals surface area contributed by atoms with Crippen LogP contribution in [0.5, 0.6) is 0 Å². The number of hydrogen-bond donors (Lipinski definition) is 5. The number of nitrogens with two attached hydrogens (primary N) is 1. The minimum absolute atomic E-state index is 0.135. The van der Waals surface area contributed by atoms with Crippen LogP contribution in [-0.2, 0) is 17.4 Å². The van der Waals surface area contributed by atoms with Crippen molar-refractivity contribution in [1.82, 2.24) is 35.2 Å². The number of rotatable bonds is 10. The van der Waals surface area contributed by atoms with E-state index in [-0.39, 0.29) is 49.1 Å². The highest BCUT2D eigenvalue weighted by Gasteiger charge is 2.36. The summed E-state index contributed by atoms with van der Waals surface area (Å²) in [5.74, 6) is -0.131. The molecule has 6 N–H and O–H groups in total. The van der Waals surface area contributed by atoms with Crippen molar-refractivity contribution in [3.63, 3.8) is 0 Å². The van der Waals surface area contributed by atoms with Gasteiger partial charge in [0.05, 0.1) is 23.7 Å². The molecule has 4 rings (SSSR count). The maximum absolute atomic E-state index is 13.4. The van der Waals surface area contributed by atoms with Crippen LogP contribution in [0, 0.1) is 0 Å². The number of amides is 2. The van der Waals surface area contributed by atoms with Crippen molar-refractivity contribution >= 4 is 29.0 Å². The fourth-order valence-corrected chi connectivity index (χ4v) is 3.92. The van der Waals surface area contributed by atoms with Gasteiger partial charge in [-0.1, -0.05) is 6.92 Å². The predicted octanol–water partition coefficient (Wildman–Crippen LogP) is 2.64. The maximum atomic E-state index is 13.4. The van der Waals surface area contributed by atoms with Gasteiger partial charge < -0.3 is 21.7 Å². The van der Waals surface area contributed by atoms with Crippen LogP contribution in [0.25, 0.3) is 16.9 Å². The molecule has 38 heavy (non-hydrogen) atoms. The topological polar surface area (TPSA) is 155 Å². The van der Waals surface area contributed by atoms with Gasteiger partial charge in [0.2, 0.25) is 5.91 Å². The molecule has 0 spiro atoms. The molecule has 0 saturated heterocycles. The van der Waals surface area contributed by atoms with E-state index in [2.05, 4.69) is 31.0 Å². The Morgan fingerprint density at radius 3 is 2.66 bits per heavy atom. The highest BCUT2D eigenvalue weighted by atomic mass is 19.4. The zero-order valence-corrected chi connectivity index (χ0v) is 20.4. The molecule has 0 aliphatic rings. The zero-order chi connectivity index (χ0) is 27.3. The summed E-state index contributed by atoms with van der Waals surface area (Å²) >= 11 is 0. The maximum Gasteiger partial charge on any atom is 0.433 e. The van der Waals surface area contributed by atoms with Crippen molar-refractivity contribution in [1.29, 1.82) is 0 Å². The first-order chi connectivity index (χ1) is 18.2. The lowest BCUT2D eigenvalue weighted by molar-refractivity contribution is -0.140. The fourth-order valence-electron chi connectivity index (χ4n) is 3.92. The van der Waals surface area contributed by atoms with Crippen molar-refractivity contribution < 1.29 is 22.8 Å². The standard InChI is InChI=1S/C24H26F3N9O2/c1-2-14-11-15(3-4-16(14)23(38)31-8-7-29-19(37)5-6-28)34-21-22-32-13-18(36(22)10-9-30-21)17-12-33-35-20(17)24(25,26)27/h3-4,9-13H,2,5-8,28H2,1H3,(H,29,37)(H,30,34)(H,31,38)(H,33,35). The van der Waals surface area contributed by atoms with Gasteiger partial charge in [-0.3, -0.25) is 19.1 Å². The third-order valence-electron chi connectivity index (χ3n) is 5.72. The van der Waals surface area contributed by atoms with Gasteiger partial charge in [-0.2, -0.15) is 18.3 Å². The summed E-state index contributed by atoms with van der Waals surface area (Å²) in [5, 5.41) is 14.1. The quantitative estimate of drug-likeness (QED) is 0.198. The van der Waals surface area contributed by atoms with Crippen LogP contribution in [0.1, 0.15) is 35.0 Å². The molecule has 0 saturated carbocycles. The molecule has 0 aliphatic heterocycles. The molecule has 1 aromatic carbocycles. The number of carbonyl (C=O) groups excluding carboxylic acids is 2. The number of halogens is 3. The first-order valence-electron chi connectivity index (χ1n) is 11.8. The number of aromatic amines is 1. The number of nitrogens with one attached hydrogen (secondary N) is 4. The van der Waals surface area contributed by atoms with Crippen LogP contribution in [-0.4, -0.2) is 56.0 Å². The van der Waals surface area contributed by atoms with Crippen molar-refractivity contribution in [2.45, 2.75) is 25.9 Å². The number of hydrogen-bond acceptors (Lipinski definition) is 7. The van der Waals surface area contributed by atoms with Gasteiger partial charge in [-0.25, -0.2) is 9.97 Å². The van der Waals surface area contributed by atoms with Crippen LogP contribution in [0.3, 0.4) is 0 Å². The molecule has 4 aromatic rings. The number of alkyl halides is 3. The van der Waals surface area contributed by atoms with Crippen LogP contribution in [0.15, 0.2) is 43.0 Å². The molecular weight excluding hydrogens is 503 g/mol. The van der Waals surface area contributed by atoms with Gasteiger partial charge in [0.15, 0.2) is 11.5 Å². The fraction of sp³-hybridized carbons (Fsp3) is 0.292. The van der Waals surface area contributed by atoms with Gasteiger partial charge in [-0.05, 0) is 30.2 Å². The number of aryl methyl sites for hydroxylation is 1. The molecule has 0 radical (unpaired) electrons. The minimum Gasteiger partial charge on any atom is -0.354 e. The van der Waals surface area contributed by atoms with E-state index in [9.17, 15) is 22.8 Å². The van der Waals surface area contributed by atoms with E-state index >= 15 is 0 Å². The number of benzene rings is 1. The molecule has 14 heteroatoms. The zero-order valence-electron chi connectivity index (χ0n) is 20.4. The van der Waals surface area contributed by atoms with Gasteiger partial charge in [0.1, 0.15) is 5.69 Å². The SMILES string of the molecule is CCc1cc(Nc2nccn3c(-c4cn[nH]c4C(F)(F)F)cnc23)ccc1C(=O)NCCNC(=O)CCN. The van der Waals surface area contributed by atoms with E-state index < -0.39 is 11.9 Å². The van der Waals surface area contributed by atoms with Gasteiger partial charge in [0.25, 0.3) is 5.91 Å². The first-order valence-corrected chi connectivity index (χ1v) is 11.8. The molecule has 0 unspecified atom stereocenters. The van der Waals surface area contributed by atoms with E-state index in [0.717, 1.165) is 11.8 Å². The van der Waals surface area contributed by atoms with Crippen LogP contribution < -0.4 is 21.7 Å². The minimum atomic E-state index is -4.60. The van der Waals surface area contributed by atoms with E-state index in [0.29, 0.717) is 29.1 Å². The van der Waals surface area contributed by atoms with Crippen molar-refractivity contribution in [3.05, 3.63) is 59.8 Å². The van der Waals surface area contributed by atoms with E-state index in [1.54, 1.807) is 18.2 Å². The Morgan fingerprint density at radius 2 is 1.92 bits per heavy atom. The molecule has 200 valence electrons. The lowest BCUT2D eigenvalue weighted by Crippen LogP contribution is -2.35. The second kappa shape index (κ2) is 11.3. The Kier molecular flexibility index (Phi) is 7.90. The first kappa shape index (κ1) is 26.6. The highest BCUT2D eigenvalue weighted by Crippen LogP contribution is 2.36. The van der Waals surface area contributed by atoms with Gasteiger partial charge in [-0.15, -0.1) is 0 Å². The van der Waals surface area contributed by atoms with Crippen molar-refractivity contribution in [3.8, 4) is 11.3 Å². The Hall–Kier alpha value is -4.46. The normalized spacial score (nSPS) is 11.5. The second-order valence-electron chi connectivity index (χ2n) is 8.26. The Balaban J connectivity index is 1.51. The second-order valence-corrected chi connectivity index (χ2v) is 8.26. The number of imidazole rings is 1. The number of fused-ring (bicyclic) bond motifs is 1. The molecule has 3 heterocycles. The predicted molar refractivity (Wildman–Crippen MR) is 134 cm³/mol. The molecule has 0 bridgehead atoms. The molecule has 0 aliphatic carbocycles. The van der Waals surface area contributed by atoms with Crippen molar-refractivity contribution in [2.24, 2.45) is 5.73 Å². The smallest absolute Gasteiger partial charge is 0.354 e. The summed E-state index contributed by atoms with van der Waals surface area (Å²) in [4.78, 5) is 32.7. The molecule has 11 nitrogen and oxygen atoms in total. The summed E-state index contributed by atoms with van der Waals surface area (Å²) in [6, 6.07) is 5.16. The lowest BCUT2D eigenvalue weighted by atomic mass is 10.0. The van der Waals surface area contributed by atoms with E-state index in [1.807, 2.05) is 12.0 Å². The van der Waals surface area contributed by atoms with E-state index in [1.165, 1.54) is 23.0 Å². The largest absolute Gasteiger partial charge is 0.433 e. The summed E-state index contributed by atoms with van der Waals surface area (Å²) in [6.07, 6.45) is 1.58. The van der Waals surface area contributed by atoms with Crippen LogP contribution in [0.2, 0.25) is 0 Å².